The first-order valence-corrected chi connectivity index (χ1v) is 7.22. The summed E-state index contributed by atoms with van der Waals surface area (Å²) in [6.45, 7) is 0. The zero-order valence-electron chi connectivity index (χ0n) is 12.0. The standard InChI is InChI=1S/C15H12BrN3O4/c1-23-14-7-4-12(16)8-11(14)9-17-18-15(20)10-2-5-13(6-3-10)19(21)22/h2-9H,1H3,(H,18,20)/b17-9-. The van der Waals surface area contributed by atoms with Gasteiger partial charge in [0, 0.05) is 27.7 Å². The lowest BCUT2D eigenvalue weighted by molar-refractivity contribution is -0.384. The number of hydrogen-bond acceptors (Lipinski definition) is 5. The molecule has 0 fully saturated rings. The predicted molar refractivity (Wildman–Crippen MR) is 88.9 cm³/mol. The maximum absolute atomic E-state index is 11.9. The maximum atomic E-state index is 11.9. The van der Waals surface area contributed by atoms with Crippen LogP contribution in [-0.2, 0) is 0 Å². The summed E-state index contributed by atoms with van der Waals surface area (Å²) in [7, 11) is 1.54. The van der Waals surface area contributed by atoms with E-state index in [2.05, 4.69) is 26.5 Å². The summed E-state index contributed by atoms with van der Waals surface area (Å²) >= 11 is 3.34. The first-order valence-electron chi connectivity index (χ1n) is 6.42. The van der Waals surface area contributed by atoms with Crippen molar-refractivity contribution in [2.45, 2.75) is 0 Å². The molecule has 0 aliphatic carbocycles. The molecule has 1 N–H and O–H groups in total. The van der Waals surface area contributed by atoms with Crippen LogP contribution in [0.25, 0.3) is 0 Å². The monoisotopic (exact) mass is 377 g/mol. The van der Waals surface area contributed by atoms with Gasteiger partial charge in [0.2, 0.25) is 0 Å². The number of nitrogens with one attached hydrogen (secondary N) is 1. The number of methoxy groups -OCH3 is 1. The Bertz CT molecular complexity index is 760. The van der Waals surface area contributed by atoms with Crippen LogP contribution in [0.2, 0.25) is 0 Å². The van der Waals surface area contributed by atoms with Crippen molar-refractivity contribution in [2.24, 2.45) is 5.10 Å². The van der Waals surface area contributed by atoms with E-state index >= 15 is 0 Å². The smallest absolute Gasteiger partial charge is 0.271 e. The molecule has 2 aromatic rings. The van der Waals surface area contributed by atoms with Gasteiger partial charge in [0.1, 0.15) is 5.75 Å². The summed E-state index contributed by atoms with van der Waals surface area (Å²) in [5.74, 6) is 0.145. The van der Waals surface area contributed by atoms with Crippen molar-refractivity contribution >= 4 is 33.7 Å². The van der Waals surface area contributed by atoms with Crippen LogP contribution in [-0.4, -0.2) is 24.2 Å². The Morgan fingerprint density at radius 3 is 2.61 bits per heavy atom. The molecule has 0 spiro atoms. The van der Waals surface area contributed by atoms with Crippen molar-refractivity contribution in [3.8, 4) is 5.75 Å². The molecule has 0 aromatic heterocycles. The lowest BCUT2D eigenvalue weighted by Crippen LogP contribution is -2.17. The maximum Gasteiger partial charge on any atom is 0.271 e. The van der Waals surface area contributed by atoms with Crippen LogP contribution in [0.3, 0.4) is 0 Å². The van der Waals surface area contributed by atoms with Crippen LogP contribution in [0.15, 0.2) is 52.0 Å². The number of nitrogens with zero attached hydrogens (tertiary/aromatic N) is 2. The summed E-state index contributed by atoms with van der Waals surface area (Å²) in [4.78, 5) is 21.9. The van der Waals surface area contributed by atoms with E-state index in [1.165, 1.54) is 37.6 Å². The van der Waals surface area contributed by atoms with E-state index in [1.54, 1.807) is 12.1 Å². The third kappa shape index (κ3) is 4.36. The van der Waals surface area contributed by atoms with Crippen molar-refractivity contribution in [1.29, 1.82) is 0 Å². The lowest BCUT2D eigenvalue weighted by Gasteiger charge is -2.04. The number of carbonyl (C=O) groups excluding carboxylic acids is 1. The average molecular weight is 378 g/mol. The number of non-ortho nitro benzene ring substituents is 1. The van der Waals surface area contributed by atoms with Gasteiger partial charge in [-0.2, -0.15) is 5.10 Å². The van der Waals surface area contributed by atoms with E-state index in [1.807, 2.05) is 6.07 Å². The topological polar surface area (TPSA) is 93.8 Å². The SMILES string of the molecule is COc1ccc(Br)cc1/C=N\NC(=O)c1ccc([N+](=O)[O-])cc1. The summed E-state index contributed by atoms with van der Waals surface area (Å²) in [5.41, 5.74) is 3.24. The van der Waals surface area contributed by atoms with E-state index in [0.717, 1.165) is 4.47 Å². The van der Waals surface area contributed by atoms with E-state index in [9.17, 15) is 14.9 Å². The van der Waals surface area contributed by atoms with Crippen LogP contribution >= 0.6 is 15.9 Å². The Kier molecular flexibility index (Phi) is 5.42. The normalized spacial score (nSPS) is 10.5. The molecule has 2 aromatic carbocycles. The quantitative estimate of drug-likeness (QED) is 0.491. The highest BCUT2D eigenvalue weighted by molar-refractivity contribution is 9.10. The van der Waals surface area contributed by atoms with Gasteiger partial charge in [-0.1, -0.05) is 15.9 Å². The minimum Gasteiger partial charge on any atom is -0.496 e. The number of halogens is 1. The number of ether oxygens (including phenoxy) is 1. The van der Waals surface area contributed by atoms with Gasteiger partial charge >= 0.3 is 0 Å². The van der Waals surface area contributed by atoms with Gasteiger partial charge < -0.3 is 4.74 Å². The number of rotatable bonds is 5. The Labute approximate surface area is 140 Å². The van der Waals surface area contributed by atoms with Gasteiger partial charge in [-0.15, -0.1) is 0 Å². The van der Waals surface area contributed by atoms with Crippen molar-refractivity contribution in [1.82, 2.24) is 5.43 Å². The highest BCUT2D eigenvalue weighted by atomic mass is 79.9. The van der Waals surface area contributed by atoms with Crippen LogP contribution < -0.4 is 10.2 Å². The second-order valence-electron chi connectivity index (χ2n) is 4.39. The van der Waals surface area contributed by atoms with Gasteiger partial charge in [0.15, 0.2) is 0 Å². The highest BCUT2D eigenvalue weighted by Gasteiger charge is 2.08. The molecule has 7 nitrogen and oxygen atoms in total. The summed E-state index contributed by atoms with van der Waals surface area (Å²) < 4.78 is 6.04. The minimum absolute atomic E-state index is 0.0797. The molecule has 0 heterocycles. The fourth-order valence-corrected chi connectivity index (χ4v) is 2.14. The first kappa shape index (κ1) is 16.6. The Hall–Kier alpha value is -2.74. The number of nitro benzene ring substituents is 1. The molecule has 0 aliphatic heterocycles. The van der Waals surface area contributed by atoms with Gasteiger partial charge in [-0.25, -0.2) is 5.43 Å². The molecule has 1 amide bonds. The molecule has 0 bridgehead atoms. The number of hydrogen-bond donors (Lipinski definition) is 1. The van der Waals surface area contributed by atoms with E-state index in [0.29, 0.717) is 11.3 Å². The molecule has 0 aliphatic rings. The van der Waals surface area contributed by atoms with Crippen molar-refractivity contribution < 1.29 is 14.5 Å². The number of hydrazone groups is 1. The molecule has 0 unspecified atom stereocenters. The zero-order chi connectivity index (χ0) is 16.8. The van der Waals surface area contributed by atoms with Crippen LogP contribution in [0.5, 0.6) is 5.75 Å². The molecule has 23 heavy (non-hydrogen) atoms. The molecule has 0 saturated carbocycles. The molecule has 0 radical (unpaired) electrons. The fraction of sp³-hybridized carbons (Fsp3) is 0.0667. The molecule has 118 valence electrons. The third-order valence-electron chi connectivity index (χ3n) is 2.90. The number of nitro groups is 1. The van der Waals surface area contributed by atoms with E-state index in [4.69, 9.17) is 4.74 Å². The van der Waals surface area contributed by atoms with Crippen molar-refractivity contribution in [2.75, 3.05) is 7.11 Å². The number of benzene rings is 2. The predicted octanol–water partition coefficient (Wildman–Crippen LogP) is 3.13. The van der Waals surface area contributed by atoms with E-state index in [-0.39, 0.29) is 11.3 Å². The van der Waals surface area contributed by atoms with Crippen LogP contribution in [0, 0.1) is 10.1 Å². The molecule has 8 heteroatoms. The van der Waals surface area contributed by atoms with Gasteiger partial charge in [-0.3, -0.25) is 14.9 Å². The molecule has 0 atom stereocenters. The minimum atomic E-state index is -0.528. The van der Waals surface area contributed by atoms with Gasteiger partial charge in [-0.05, 0) is 30.3 Å². The molecule has 2 rings (SSSR count). The van der Waals surface area contributed by atoms with Crippen LogP contribution in [0.4, 0.5) is 5.69 Å². The second-order valence-corrected chi connectivity index (χ2v) is 5.31. The fourth-order valence-electron chi connectivity index (χ4n) is 1.77. The largest absolute Gasteiger partial charge is 0.496 e. The lowest BCUT2D eigenvalue weighted by atomic mass is 10.2. The van der Waals surface area contributed by atoms with E-state index < -0.39 is 10.8 Å². The Morgan fingerprint density at radius 1 is 1.30 bits per heavy atom. The average Bonchev–Trinajstić information content (AvgIpc) is 2.55. The third-order valence-corrected chi connectivity index (χ3v) is 3.40. The first-order chi connectivity index (χ1) is 11.0. The number of amides is 1. The molecule has 0 saturated heterocycles. The Morgan fingerprint density at radius 2 is 2.00 bits per heavy atom. The summed E-state index contributed by atoms with van der Waals surface area (Å²) in [6.07, 6.45) is 1.45. The molecular formula is C15H12BrN3O4. The number of carbonyl (C=O) groups is 1. The Balaban J connectivity index is 2.06. The van der Waals surface area contributed by atoms with Gasteiger partial charge in [0.25, 0.3) is 11.6 Å². The highest BCUT2D eigenvalue weighted by Crippen LogP contribution is 2.21. The summed E-state index contributed by atoms with van der Waals surface area (Å²) in [5, 5.41) is 14.4. The molecular weight excluding hydrogens is 366 g/mol. The zero-order valence-corrected chi connectivity index (χ0v) is 13.6. The van der Waals surface area contributed by atoms with Crippen LogP contribution in [0.1, 0.15) is 15.9 Å². The van der Waals surface area contributed by atoms with Crippen molar-refractivity contribution in [3.63, 3.8) is 0 Å². The second kappa shape index (κ2) is 7.50. The summed E-state index contributed by atoms with van der Waals surface area (Å²) in [6, 6.07) is 10.6. The van der Waals surface area contributed by atoms with Crippen molar-refractivity contribution in [3.05, 3.63) is 68.2 Å². The van der Waals surface area contributed by atoms with Gasteiger partial charge in [0.05, 0.1) is 18.2 Å².